The molecule has 0 saturated heterocycles. The largest absolute Gasteiger partial charge is 0.354 e. The number of nitrogens with zero attached hydrogens (tertiary/aromatic N) is 1. The number of carbonyl (C=O) groups is 2. The molecule has 2 aromatic rings. The minimum atomic E-state index is -0.152. The van der Waals surface area contributed by atoms with E-state index in [1.165, 1.54) is 4.88 Å². The fourth-order valence-corrected chi connectivity index (χ4v) is 3.41. The highest BCUT2D eigenvalue weighted by Crippen LogP contribution is 2.28. The highest BCUT2D eigenvalue weighted by molar-refractivity contribution is 7.12. The SMILES string of the molecule is Cc1sc(CCNC(=O)CNC(=O)C2CC2)nc1-c1ccccc1. The Morgan fingerprint density at radius 1 is 1.21 bits per heavy atom. The van der Waals surface area contributed by atoms with E-state index >= 15 is 0 Å². The predicted octanol–water partition coefficient (Wildman–Crippen LogP) is 2.30. The van der Waals surface area contributed by atoms with Crippen LogP contribution in [0.3, 0.4) is 0 Å². The van der Waals surface area contributed by atoms with Gasteiger partial charge in [-0.2, -0.15) is 0 Å². The van der Waals surface area contributed by atoms with E-state index in [0.717, 1.165) is 29.1 Å². The molecule has 0 unspecified atom stereocenters. The van der Waals surface area contributed by atoms with Crippen molar-refractivity contribution in [3.63, 3.8) is 0 Å². The topological polar surface area (TPSA) is 71.1 Å². The summed E-state index contributed by atoms with van der Waals surface area (Å²) in [5.74, 6) is -0.0266. The number of hydrogen-bond acceptors (Lipinski definition) is 4. The molecule has 0 bridgehead atoms. The molecule has 0 aliphatic heterocycles. The summed E-state index contributed by atoms with van der Waals surface area (Å²) in [4.78, 5) is 29.1. The Morgan fingerprint density at radius 3 is 2.67 bits per heavy atom. The first-order valence-electron chi connectivity index (χ1n) is 8.19. The van der Waals surface area contributed by atoms with Crippen molar-refractivity contribution in [1.82, 2.24) is 15.6 Å². The van der Waals surface area contributed by atoms with Gasteiger partial charge >= 0.3 is 0 Å². The number of rotatable bonds is 7. The van der Waals surface area contributed by atoms with E-state index in [1.807, 2.05) is 18.2 Å². The lowest BCUT2D eigenvalue weighted by Crippen LogP contribution is -2.38. The Morgan fingerprint density at radius 2 is 1.96 bits per heavy atom. The maximum atomic E-state index is 11.7. The molecule has 0 atom stereocenters. The Kier molecular flexibility index (Phi) is 5.25. The van der Waals surface area contributed by atoms with E-state index < -0.39 is 0 Å². The number of thiazole rings is 1. The number of amides is 2. The summed E-state index contributed by atoms with van der Waals surface area (Å²) >= 11 is 1.66. The molecule has 1 saturated carbocycles. The molecule has 1 heterocycles. The molecule has 5 nitrogen and oxygen atoms in total. The summed E-state index contributed by atoms with van der Waals surface area (Å²) in [6.07, 6.45) is 2.59. The van der Waals surface area contributed by atoms with Crippen molar-refractivity contribution in [1.29, 1.82) is 0 Å². The van der Waals surface area contributed by atoms with Gasteiger partial charge in [0.15, 0.2) is 0 Å². The van der Waals surface area contributed by atoms with Gasteiger partial charge in [-0.05, 0) is 19.8 Å². The van der Waals surface area contributed by atoms with Crippen LogP contribution in [-0.2, 0) is 16.0 Å². The average Bonchev–Trinajstić information content (AvgIpc) is 3.37. The second-order valence-electron chi connectivity index (χ2n) is 5.97. The molecular formula is C18H21N3O2S. The molecule has 0 radical (unpaired) electrons. The van der Waals surface area contributed by atoms with E-state index in [2.05, 4.69) is 34.7 Å². The van der Waals surface area contributed by atoms with E-state index in [0.29, 0.717) is 13.0 Å². The second kappa shape index (κ2) is 7.57. The normalized spacial score (nSPS) is 13.5. The van der Waals surface area contributed by atoms with Gasteiger partial charge in [0, 0.05) is 29.3 Å². The van der Waals surface area contributed by atoms with E-state index in [9.17, 15) is 9.59 Å². The van der Waals surface area contributed by atoms with Gasteiger partial charge in [-0.15, -0.1) is 11.3 Å². The molecule has 24 heavy (non-hydrogen) atoms. The zero-order valence-electron chi connectivity index (χ0n) is 13.7. The maximum Gasteiger partial charge on any atom is 0.239 e. The first kappa shape index (κ1) is 16.6. The van der Waals surface area contributed by atoms with Crippen LogP contribution >= 0.6 is 11.3 Å². The minimum absolute atomic E-state index is 0.00630. The number of nitrogens with one attached hydrogen (secondary N) is 2. The second-order valence-corrected chi connectivity index (χ2v) is 7.26. The number of aromatic nitrogens is 1. The fourth-order valence-electron chi connectivity index (χ4n) is 2.45. The standard InChI is InChI=1S/C18H21N3O2S/c1-12-17(13-5-3-2-4-6-13)21-16(24-12)9-10-19-15(22)11-20-18(23)14-7-8-14/h2-6,14H,7-11H2,1H3,(H,19,22)(H,20,23). The van der Waals surface area contributed by atoms with Crippen LogP contribution in [0.2, 0.25) is 0 Å². The molecule has 1 aromatic carbocycles. The van der Waals surface area contributed by atoms with Crippen molar-refractivity contribution in [2.75, 3.05) is 13.1 Å². The average molecular weight is 343 g/mol. The minimum Gasteiger partial charge on any atom is -0.354 e. The third-order valence-corrected chi connectivity index (χ3v) is 4.95. The third kappa shape index (κ3) is 4.41. The summed E-state index contributed by atoms with van der Waals surface area (Å²) < 4.78 is 0. The summed E-state index contributed by atoms with van der Waals surface area (Å²) in [6.45, 7) is 2.65. The van der Waals surface area contributed by atoms with Crippen LogP contribution in [0, 0.1) is 12.8 Å². The molecular weight excluding hydrogens is 322 g/mol. The number of benzene rings is 1. The summed E-state index contributed by atoms with van der Waals surface area (Å²) in [6, 6.07) is 10.1. The van der Waals surface area contributed by atoms with E-state index in [1.54, 1.807) is 11.3 Å². The first-order valence-corrected chi connectivity index (χ1v) is 9.01. The molecule has 1 aliphatic carbocycles. The van der Waals surface area contributed by atoms with E-state index in [-0.39, 0.29) is 24.3 Å². The lowest BCUT2D eigenvalue weighted by Gasteiger charge is -2.05. The number of carbonyl (C=O) groups excluding carboxylic acids is 2. The van der Waals surface area contributed by atoms with Crippen LogP contribution in [0.15, 0.2) is 30.3 Å². The highest BCUT2D eigenvalue weighted by Gasteiger charge is 2.29. The number of hydrogen-bond donors (Lipinski definition) is 2. The third-order valence-electron chi connectivity index (χ3n) is 3.92. The quantitative estimate of drug-likeness (QED) is 0.810. The van der Waals surface area contributed by atoms with Gasteiger partial charge in [-0.3, -0.25) is 9.59 Å². The molecule has 126 valence electrons. The van der Waals surface area contributed by atoms with Crippen LogP contribution in [-0.4, -0.2) is 29.9 Å². The summed E-state index contributed by atoms with van der Waals surface area (Å²) in [5, 5.41) is 6.50. The lowest BCUT2D eigenvalue weighted by atomic mass is 10.1. The molecule has 3 rings (SSSR count). The molecule has 0 spiro atoms. The molecule has 6 heteroatoms. The van der Waals surface area contributed by atoms with Crippen LogP contribution in [0.4, 0.5) is 0 Å². The summed E-state index contributed by atoms with van der Waals surface area (Å²) in [7, 11) is 0. The van der Waals surface area contributed by atoms with Crippen molar-refractivity contribution in [3.8, 4) is 11.3 Å². The fraction of sp³-hybridized carbons (Fsp3) is 0.389. The maximum absolute atomic E-state index is 11.7. The van der Waals surface area contributed by atoms with Crippen molar-refractivity contribution in [3.05, 3.63) is 40.2 Å². The van der Waals surface area contributed by atoms with Crippen LogP contribution < -0.4 is 10.6 Å². The van der Waals surface area contributed by atoms with Crippen LogP contribution in [0.1, 0.15) is 22.7 Å². The summed E-state index contributed by atoms with van der Waals surface area (Å²) in [5.41, 5.74) is 2.13. The molecule has 1 fully saturated rings. The molecule has 2 N–H and O–H groups in total. The van der Waals surface area contributed by atoms with Crippen molar-refractivity contribution < 1.29 is 9.59 Å². The van der Waals surface area contributed by atoms with Gasteiger partial charge in [0.2, 0.25) is 11.8 Å². The molecule has 1 aromatic heterocycles. The molecule has 2 amide bonds. The van der Waals surface area contributed by atoms with Crippen molar-refractivity contribution in [2.24, 2.45) is 5.92 Å². The Balaban J connectivity index is 1.45. The first-order chi connectivity index (χ1) is 11.6. The monoisotopic (exact) mass is 343 g/mol. The Hall–Kier alpha value is -2.21. The van der Waals surface area contributed by atoms with Gasteiger partial charge in [0.25, 0.3) is 0 Å². The van der Waals surface area contributed by atoms with E-state index in [4.69, 9.17) is 0 Å². The predicted molar refractivity (Wildman–Crippen MR) is 94.7 cm³/mol. The smallest absolute Gasteiger partial charge is 0.239 e. The highest BCUT2D eigenvalue weighted by atomic mass is 32.1. The lowest BCUT2D eigenvalue weighted by molar-refractivity contribution is -0.126. The van der Waals surface area contributed by atoms with Crippen LogP contribution in [0.25, 0.3) is 11.3 Å². The van der Waals surface area contributed by atoms with Gasteiger partial charge in [-0.1, -0.05) is 30.3 Å². The zero-order chi connectivity index (χ0) is 16.9. The van der Waals surface area contributed by atoms with Gasteiger partial charge < -0.3 is 10.6 Å². The van der Waals surface area contributed by atoms with Crippen LogP contribution in [0.5, 0.6) is 0 Å². The van der Waals surface area contributed by atoms with Gasteiger partial charge in [-0.25, -0.2) is 4.98 Å². The molecule has 1 aliphatic rings. The Bertz CT molecular complexity index is 723. The van der Waals surface area contributed by atoms with Gasteiger partial charge in [0.1, 0.15) is 0 Å². The van der Waals surface area contributed by atoms with Gasteiger partial charge in [0.05, 0.1) is 17.2 Å². The zero-order valence-corrected chi connectivity index (χ0v) is 14.5. The van der Waals surface area contributed by atoms with Crippen molar-refractivity contribution >= 4 is 23.2 Å². The van der Waals surface area contributed by atoms with Crippen molar-refractivity contribution in [2.45, 2.75) is 26.2 Å². The Labute approximate surface area is 145 Å². The number of aryl methyl sites for hydroxylation is 1.